The van der Waals surface area contributed by atoms with Gasteiger partial charge in [0.25, 0.3) is 0 Å². The zero-order valence-corrected chi connectivity index (χ0v) is 17.6. The molecule has 2 aromatic rings. The molecule has 1 heterocycles. The van der Waals surface area contributed by atoms with E-state index in [1.165, 1.54) is 22.2 Å². The van der Waals surface area contributed by atoms with E-state index in [4.69, 9.17) is 11.6 Å². The van der Waals surface area contributed by atoms with Gasteiger partial charge in [0.15, 0.2) is 5.17 Å². The Morgan fingerprint density at radius 2 is 1.96 bits per heavy atom. The Morgan fingerprint density at radius 1 is 1.25 bits per heavy atom. The number of nitrogens with zero attached hydrogens (tertiary/aromatic N) is 2. The lowest BCUT2D eigenvalue weighted by Crippen LogP contribution is -2.30. The molecule has 1 saturated heterocycles. The number of aliphatic imine (C=N–C) groups is 1. The maximum Gasteiger partial charge on any atom is 0.242 e. The molecule has 5 nitrogen and oxygen atoms in total. The molecule has 1 fully saturated rings. The first-order chi connectivity index (χ1) is 13.4. The Bertz CT molecular complexity index is 928. The Kier molecular flexibility index (Phi) is 6.42. The monoisotopic (exact) mass is 415 g/mol. The van der Waals surface area contributed by atoms with E-state index in [0.29, 0.717) is 15.9 Å². The molecule has 146 valence electrons. The van der Waals surface area contributed by atoms with Crippen LogP contribution in [0.5, 0.6) is 0 Å². The number of amidine groups is 1. The SMILES string of the molecule is CCc1ccc(N=C2S[C@H](CC(=O)Nc3cc(Cl)ccc3C)C(=O)N2C)cc1. The van der Waals surface area contributed by atoms with E-state index in [1.807, 2.05) is 37.3 Å². The van der Waals surface area contributed by atoms with Crippen molar-refractivity contribution in [2.75, 3.05) is 12.4 Å². The van der Waals surface area contributed by atoms with Gasteiger partial charge >= 0.3 is 0 Å². The van der Waals surface area contributed by atoms with Crippen LogP contribution in [0.3, 0.4) is 0 Å². The summed E-state index contributed by atoms with van der Waals surface area (Å²) in [5.74, 6) is -0.343. The number of benzene rings is 2. The van der Waals surface area contributed by atoms with Gasteiger partial charge in [0.1, 0.15) is 5.25 Å². The van der Waals surface area contributed by atoms with Crippen molar-refractivity contribution in [3.8, 4) is 0 Å². The molecule has 0 aliphatic carbocycles. The number of thioether (sulfide) groups is 1. The van der Waals surface area contributed by atoms with Gasteiger partial charge in [-0.1, -0.05) is 48.5 Å². The molecule has 1 atom stereocenters. The highest BCUT2D eigenvalue weighted by Gasteiger charge is 2.37. The fraction of sp³-hybridized carbons (Fsp3) is 0.286. The zero-order valence-electron chi connectivity index (χ0n) is 16.0. The standard InChI is InChI=1S/C21H22ClN3O2S/c1-4-14-6-9-16(10-7-14)23-21-25(3)20(27)18(28-21)12-19(26)24-17-11-15(22)8-5-13(17)2/h5-11,18H,4,12H2,1-3H3,(H,24,26)/t18-/m1/s1. The summed E-state index contributed by atoms with van der Waals surface area (Å²) in [6, 6.07) is 13.2. The smallest absolute Gasteiger partial charge is 0.242 e. The first-order valence-corrected chi connectivity index (χ1v) is 10.3. The van der Waals surface area contributed by atoms with Gasteiger partial charge in [-0.05, 0) is 48.7 Å². The van der Waals surface area contributed by atoms with E-state index in [0.717, 1.165) is 17.7 Å². The summed E-state index contributed by atoms with van der Waals surface area (Å²) in [5, 5.41) is 3.51. The minimum atomic E-state index is -0.488. The Balaban J connectivity index is 1.68. The van der Waals surface area contributed by atoms with Crippen molar-refractivity contribution in [1.82, 2.24) is 4.90 Å². The zero-order chi connectivity index (χ0) is 20.3. The van der Waals surface area contributed by atoms with Crippen molar-refractivity contribution >= 4 is 51.7 Å². The quantitative estimate of drug-likeness (QED) is 0.762. The second-order valence-electron chi connectivity index (χ2n) is 6.63. The number of rotatable bonds is 5. The summed E-state index contributed by atoms with van der Waals surface area (Å²) >= 11 is 7.31. The lowest BCUT2D eigenvalue weighted by molar-refractivity contribution is -0.127. The first kappa shape index (κ1) is 20.4. The summed E-state index contributed by atoms with van der Waals surface area (Å²) in [4.78, 5) is 31.1. The Morgan fingerprint density at radius 3 is 2.64 bits per heavy atom. The van der Waals surface area contributed by atoms with Crippen LogP contribution in [0.4, 0.5) is 11.4 Å². The molecule has 28 heavy (non-hydrogen) atoms. The summed E-state index contributed by atoms with van der Waals surface area (Å²) < 4.78 is 0. The van der Waals surface area contributed by atoms with E-state index in [2.05, 4.69) is 17.2 Å². The van der Waals surface area contributed by atoms with Gasteiger partial charge in [-0.25, -0.2) is 4.99 Å². The van der Waals surface area contributed by atoms with E-state index in [9.17, 15) is 9.59 Å². The van der Waals surface area contributed by atoms with Crippen molar-refractivity contribution in [3.05, 3.63) is 58.6 Å². The van der Waals surface area contributed by atoms with Crippen LogP contribution in [0.15, 0.2) is 47.5 Å². The van der Waals surface area contributed by atoms with E-state index in [-0.39, 0.29) is 18.2 Å². The van der Waals surface area contributed by atoms with Crippen molar-refractivity contribution in [1.29, 1.82) is 0 Å². The molecule has 0 unspecified atom stereocenters. The van der Waals surface area contributed by atoms with Crippen molar-refractivity contribution in [2.24, 2.45) is 4.99 Å². The average Bonchev–Trinajstić information content (AvgIpc) is 2.93. The van der Waals surface area contributed by atoms with Crippen molar-refractivity contribution in [2.45, 2.75) is 31.9 Å². The first-order valence-electron chi connectivity index (χ1n) is 9.05. The van der Waals surface area contributed by atoms with Gasteiger partial charge in [0.05, 0.1) is 5.69 Å². The summed E-state index contributed by atoms with van der Waals surface area (Å²) in [5.41, 5.74) is 3.60. The second kappa shape index (κ2) is 8.80. The molecule has 0 aromatic heterocycles. The van der Waals surface area contributed by atoms with Crippen LogP contribution < -0.4 is 5.32 Å². The molecule has 0 spiro atoms. The van der Waals surface area contributed by atoms with Crippen LogP contribution in [0, 0.1) is 6.92 Å². The summed E-state index contributed by atoms with van der Waals surface area (Å²) in [6.07, 6.45) is 1.04. The molecule has 0 radical (unpaired) electrons. The maximum atomic E-state index is 12.5. The van der Waals surface area contributed by atoms with Crippen molar-refractivity contribution in [3.63, 3.8) is 0 Å². The van der Waals surface area contributed by atoms with Gasteiger partial charge in [0, 0.05) is 24.2 Å². The predicted octanol–water partition coefficient (Wildman–Crippen LogP) is 4.80. The number of carbonyl (C=O) groups is 2. The van der Waals surface area contributed by atoms with Crippen LogP contribution in [0.2, 0.25) is 5.02 Å². The molecule has 1 N–H and O–H groups in total. The van der Waals surface area contributed by atoms with E-state index >= 15 is 0 Å². The number of nitrogens with one attached hydrogen (secondary N) is 1. The lowest BCUT2D eigenvalue weighted by atomic mass is 10.2. The minimum absolute atomic E-state index is 0.0770. The highest BCUT2D eigenvalue weighted by atomic mass is 35.5. The number of hydrogen-bond acceptors (Lipinski definition) is 4. The number of halogens is 1. The van der Waals surface area contributed by atoms with Gasteiger partial charge in [-0.15, -0.1) is 0 Å². The largest absolute Gasteiger partial charge is 0.326 e. The van der Waals surface area contributed by atoms with Gasteiger partial charge in [-0.3, -0.25) is 14.5 Å². The number of anilines is 1. The van der Waals surface area contributed by atoms with E-state index < -0.39 is 5.25 Å². The van der Waals surface area contributed by atoms with Crippen LogP contribution >= 0.6 is 23.4 Å². The third kappa shape index (κ3) is 4.75. The average molecular weight is 416 g/mol. The summed E-state index contributed by atoms with van der Waals surface area (Å²) in [6.45, 7) is 3.99. The molecule has 2 aromatic carbocycles. The van der Waals surface area contributed by atoms with E-state index in [1.54, 1.807) is 19.2 Å². The third-order valence-corrected chi connectivity index (χ3v) is 6.02. The van der Waals surface area contributed by atoms with Crippen LogP contribution in [-0.2, 0) is 16.0 Å². The summed E-state index contributed by atoms with van der Waals surface area (Å²) in [7, 11) is 1.69. The fourth-order valence-electron chi connectivity index (χ4n) is 2.81. The second-order valence-corrected chi connectivity index (χ2v) is 8.24. The highest BCUT2D eigenvalue weighted by molar-refractivity contribution is 8.15. The van der Waals surface area contributed by atoms with Gasteiger partial charge < -0.3 is 5.32 Å². The molecule has 7 heteroatoms. The van der Waals surface area contributed by atoms with Crippen LogP contribution in [0.25, 0.3) is 0 Å². The maximum absolute atomic E-state index is 12.5. The van der Waals surface area contributed by atoms with Gasteiger partial charge in [0.2, 0.25) is 11.8 Å². The normalized spacial score (nSPS) is 18.0. The van der Waals surface area contributed by atoms with Crippen LogP contribution in [-0.4, -0.2) is 34.2 Å². The molecule has 0 saturated carbocycles. The Labute approximate surface area is 174 Å². The molecule has 1 aliphatic heterocycles. The van der Waals surface area contributed by atoms with Crippen LogP contribution in [0.1, 0.15) is 24.5 Å². The van der Waals surface area contributed by atoms with Gasteiger partial charge in [-0.2, -0.15) is 0 Å². The molecule has 1 aliphatic rings. The highest BCUT2D eigenvalue weighted by Crippen LogP contribution is 2.31. The topological polar surface area (TPSA) is 61.8 Å². The molecule has 0 bridgehead atoms. The lowest BCUT2D eigenvalue weighted by Gasteiger charge is -2.11. The number of amides is 2. The number of aryl methyl sites for hydroxylation is 2. The number of hydrogen-bond donors (Lipinski definition) is 1. The predicted molar refractivity (Wildman–Crippen MR) is 116 cm³/mol. The fourth-order valence-corrected chi connectivity index (χ4v) is 4.14. The minimum Gasteiger partial charge on any atom is -0.326 e. The molecular weight excluding hydrogens is 394 g/mol. The molecule has 2 amide bonds. The molecular formula is C21H22ClN3O2S. The number of carbonyl (C=O) groups excluding carboxylic acids is 2. The van der Waals surface area contributed by atoms with Crippen molar-refractivity contribution < 1.29 is 9.59 Å². The molecule has 3 rings (SSSR count). The Hall–Kier alpha value is -2.31. The third-order valence-electron chi connectivity index (χ3n) is 4.55.